The number of rotatable bonds is 9. The predicted octanol–water partition coefficient (Wildman–Crippen LogP) is -4.20. The van der Waals surface area contributed by atoms with Gasteiger partial charge < -0.3 is 77.6 Å². The molecule has 2 aromatic rings. The molecule has 19 nitrogen and oxygen atoms in total. The first kappa shape index (κ1) is 44.0. The lowest BCUT2D eigenvalue weighted by molar-refractivity contribution is -0.332. The van der Waals surface area contributed by atoms with Gasteiger partial charge in [-0.3, -0.25) is 9.71 Å². The van der Waals surface area contributed by atoms with Crippen LogP contribution in [0.5, 0.6) is 0 Å². The zero-order chi connectivity index (χ0) is 41.1. The van der Waals surface area contributed by atoms with Crippen molar-refractivity contribution in [3.8, 4) is 0 Å². The largest absolute Gasteiger partial charge is 0.394 e. The summed E-state index contributed by atoms with van der Waals surface area (Å²) in [4.78, 5) is 4.50. The molecular weight excluding hydrogens is 763 g/mol. The van der Waals surface area contributed by atoms with E-state index >= 15 is 0 Å². The fourth-order valence-corrected chi connectivity index (χ4v) is 8.36. The van der Waals surface area contributed by atoms with E-state index in [1.807, 2.05) is 30.3 Å². The molecule has 0 amide bonds. The number of benzene rings is 2. The third-order valence-electron chi connectivity index (χ3n) is 10.0. The third kappa shape index (κ3) is 9.61. The standard InChI is InChI=1S/C18H36N4O11.C17H15FN2O2S/c19-2-6-10(25)12(27)13(28)18(30-6)33-16-5(21)1-4(20)15(14(16)29)32-17-11(26)8(22)9(24)7(3-23)31-17;1-12-16(14-7-9-15(18)10-8-14)23(21,22)20-17(12)19-11-13-5-3-2-4-6-13/h4-18,23-29H,1-3,19-22H2;2-10H,11H2,1H3,(H,19,20)/t4-,5+,6-,7-,8+,9-,10-,11-,12+,13-,14-,15+,16-,17-,18-;/m1./s1. The number of nitrogens with zero attached hydrogens (tertiary/aromatic N) is 1. The predicted molar refractivity (Wildman–Crippen MR) is 196 cm³/mol. The number of hydrogen-bond donors (Lipinski definition) is 12. The zero-order valence-electron chi connectivity index (χ0n) is 30.3. The van der Waals surface area contributed by atoms with Crippen LogP contribution in [0.4, 0.5) is 4.39 Å². The fourth-order valence-electron chi connectivity index (χ4n) is 6.84. The Kier molecular flexibility index (Phi) is 14.7. The molecule has 3 fully saturated rings. The first-order valence-corrected chi connectivity index (χ1v) is 19.3. The number of aliphatic hydroxyl groups excluding tert-OH is 7. The molecule has 3 heterocycles. The number of aliphatic hydroxyl groups is 7. The first-order chi connectivity index (χ1) is 26.5. The van der Waals surface area contributed by atoms with E-state index in [1.54, 1.807) is 6.92 Å². The molecule has 6 rings (SSSR count). The molecule has 312 valence electrons. The Labute approximate surface area is 322 Å². The molecule has 0 aromatic heterocycles. The van der Waals surface area contributed by atoms with Crippen LogP contribution in [0.25, 0.3) is 4.91 Å². The van der Waals surface area contributed by atoms with E-state index in [9.17, 15) is 48.6 Å². The van der Waals surface area contributed by atoms with E-state index in [0.717, 1.165) is 5.56 Å². The third-order valence-corrected chi connectivity index (χ3v) is 11.6. The Balaban J connectivity index is 0.000000228. The molecule has 2 aromatic carbocycles. The van der Waals surface area contributed by atoms with Crippen molar-refractivity contribution in [3.05, 3.63) is 77.1 Å². The van der Waals surface area contributed by atoms with Crippen LogP contribution in [-0.4, -0.2) is 155 Å². The second-order valence-electron chi connectivity index (χ2n) is 14.0. The summed E-state index contributed by atoms with van der Waals surface area (Å²) in [5.41, 5.74) is 25.5. The van der Waals surface area contributed by atoms with Crippen molar-refractivity contribution < 1.29 is 67.5 Å². The Hall–Kier alpha value is -3.07. The molecule has 2 saturated heterocycles. The van der Waals surface area contributed by atoms with E-state index in [0.29, 0.717) is 23.5 Å². The van der Waals surface area contributed by atoms with E-state index in [2.05, 4.69) is 9.71 Å². The first-order valence-electron chi connectivity index (χ1n) is 17.8. The highest BCUT2D eigenvalue weighted by Crippen LogP contribution is 2.32. The monoisotopic (exact) mass is 814 g/mol. The number of sulfonamides is 1. The van der Waals surface area contributed by atoms with Gasteiger partial charge in [0, 0.05) is 24.2 Å². The summed E-state index contributed by atoms with van der Waals surface area (Å²) >= 11 is 0. The number of halogens is 1. The molecule has 16 N–H and O–H groups in total. The number of aliphatic imine (C=N–C) groups is 1. The second-order valence-corrected chi connectivity index (χ2v) is 15.6. The van der Waals surface area contributed by atoms with Crippen molar-refractivity contribution in [2.75, 3.05) is 13.2 Å². The minimum Gasteiger partial charge on any atom is -0.394 e. The molecular formula is C35H51FN6O13S. The van der Waals surface area contributed by atoms with Crippen LogP contribution in [0.15, 0.2) is 65.2 Å². The molecule has 0 spiro atoms. The van der Waals surface area contributed by atoms with Crippen LogP contribution >= 0.6 is 0 Å². The molecule has 56 heavy (non-hydrogen) atoms. The van der Waals surface area contributed by atoms with E-state index in [1.165, 1.54) is 24.3 Å². The minimum absolute atomic E-state index is 0.0849. The van der Waals surface area contributed by atoms with Crippen molar-refractivity contribution in [2.24, 2.45) is 27.9 Å². The summed E-state index contributed by atoms with van der Waals surface area (Å²) in [6.07, 6.45) is -16.5. The van der Waals surface area contributed by atoms with E-state index < -0.39 is 114 Å². The average Bonchev–Trinajstić information content (AvgIpc) is 3.41. The van der Waals surface area contributed by atoms with Crippen LogP contribution in [0.3, 0.4) is 0 Å². The lowest BCUT2D eigenvalue weighted by Crippen LogP contribution is -2.68. The maximum Gasteiger partial charge on any atom is 0.264 e. The van der Waals surface area contributed by atoms with Crippen LogP contribution < -0.4 is 27.7 Å². The molecule has 15 atom stereocenters. The lowest BCUT2D eigenvalue weighted by atomic mass is 9.84. The smallest absolute Gasteiger partial charge is 0.264 e. The zero-order valence-corrected chi connectivity index (χ0v) is 31.1. The molecule has 1 saturated carbocycles. The van der Waals surface area contributed by atoms with Gasteiger partial charge in [0.15, 0.2) is 12.6 Å². The number of ether oxygens (including phenoxy) is 4. The van der Waals surface area contributed by atoms with Crippen LogP contribution in [0.1, 0.15) is 24.5 Å². The van der Waals surface area contributed by atoms with Crippen molar-refractivity contribution in [2.45, 2.75) is 112 Å². The number of amidine groups is 1. The van der Waals surface area contributed by atoms with Crippen LogP contribution in [0, 0.1) is 5.82 Å². The van der Waals surface area contributed by atoms with Crippen molar-refractivity contribution in [1.82, 2.24) is 4.72 Å². The Morgan fingerprint density at radius 2 is 1.38 bits per heavy atom. The highest BCUT2D eigenvalue weighted by molar-refractivity contribution is 8.00. The van der Waals surface area contributed by atoms with Crippen molar-refractivity contribution in [1.29, 1.82) is 0 Å². The van der Waals surface area contributed by atoms with Gasteiger partial charge in [-0.15, -0.1) is 0 Å². The lowest BCUT2D eigenvalue weighted by Gasteiger charge is -2.48. The maximum absolute atomic E-state index is 13.0. The quantitative estimate of drug-likeness (QED) is 0.114. The van der Waals surface area contributed by atoms with Gasteiger partial charge in [0.05, 0.1) is 19.2 Å². The van der Waals surface area contributed by atoms with Gasteiger partial charge in [-0.2, -0.15) is 0 Å². The summed E-state index contributed by atoms with van der Waals surface area (Å²) in [5, 5.41) is 70.9. The molecule has 0 unspecified atom stereocenters. The molecule has 1 aliphatic carbocycles. The summed E-state index contributed by atoms with van der Waals surface area (Å²) in [6, 6.07) is 12.1. The van der Waals surface area contributed by atoms with Crippen LogP contribution in [-0.2, 0) is 35.5 Å². The summed E-state index contributed by atoms with van der Waals surface area (Å²) < 4.78 is 62.4. The summed E-state index contributed by atoms with van der Waals surface area (Å²) in [6.45, 7) is 1.31. The normalized spacial score (nSPS) is 39.2. The van der Waals surface area contributed by atoms with Crippen molar-refractivity contribution >= 4 is 20.8 Å². The van der Waals surface area contributed by atoms with Gasteiger partial charge >= 0.3 is 0 Å². The van der Waals surface area contributed by atoms with Gasteiger partial charge in [0.1, 0.15) is 77.6 Å². The van der Waals surface area contributed by atoms with Crippen molar-refractivity contribution in [3.63, 3.8) is 0 Å². The topological polar surface area (TPSA) is 341 Å². The van der Waals surface area contributed by atoms with Gasteiger partial charge in [-0.25, -0.2) is 12.8 Å². The molecule has 0 radical (unpaired) electrons. The molecule has 21 heteroatoms. The molecule has 4 aliphatic rings. The van der Waals surface area contributed by atoms with E-state index in [4.69, 9.17) is 41.9 Å². The number of nitrogens with two attached hydrogens (primary N) is 4. The second kappa shape index (κ2) is 18.7. The average molecular weight is 815 g/mol. The highest BCUT2D eigenvalue weighted by atomic mass is 32.2. The summed E-state index contributed by atoms with van der Waals surface area (Å²) in [7, 11) is -3.68. The van der Waals surface area contributed by atoms with Gasteiger partial charge in [-0.1, -0.05) is 42.5 Å². The minimum atomic E-state index is -3.68. The van der Waals surface area contributed by atoms with Gasteiger partial charge in [0.25, 0.3) is 10.0 Å². The molecule has 0 bridgehead atoms. The van der Waals surface area contributed by atoms with Gasteiger partial charge in [0.2, 0.25) is 0 Å². The Bertz CT molecular complexity index is 1730. The van der Waals surface area contributed by atoms with Crippen LogP contribution in [0.2, 0.25) is 0 Å². The highest BCUT2D eigenvalue weighted by Gasteiger charge is 2.51. The molecule has 3 aliphatic heterocycles. The Morgan fingerprint density at radius 1 is 0.804 bits per heavy atom. The number of nitrogens with one attached hydrogen (secondary N) is 1. The maximum atomic E-state index is 13.0. The van der Waals surface area contributed by atoms with Gasteiger partial charge in [-0.05, 0) is 36.6 Å². The SMILES string of the molecule is CC1=C(c2ccc(F)cc2)S(=O)(=O)NC1=NCc1ccccc1.NC[C@H]1O[C@H](O[C@H]2[C@H](O)[C@@H](O[C@H]3O[C@H](CO)[C@@H](O)[C@H](N)[C@H]3O)[C@H](N)C[C@@H]2N)[C@H](O)[C@@H](O)[C@@H]1O. The Morgan fingerprint density at radius 3 is 1.95 bits per heavy atom. The summed E-state index contributed by atoms with van der Waals surface area (Å²) in [5.74, 6) is -0.0819. The van der Waals surface area contributed by atoms with E-state index in [-0.39, 0.29) is 17.9 Å². The fraction of sp³-hybridized carbons (Fsp3) is 0.571. The number of hydrogen-bond acceptors (Lipinski definition) is 18.